The lowest BCUT2D eigenvalue weighted by atomic mass is 10.0. The first kappa shape index (κ1) is 13.7. The molecule has 1 saturated carbocycles. The minimum atomic E-state index is -4.48. The van der Waals surface area contributed by atoms with Gasteiger partial charge in [-0.1, -0.05) is 0 Å². The fourth-order valence-corrected chi connectivity index (χ4v) is 3.21. The molecule has 112 valence electrons. The van der Waals surface area contributed by atoms with Crippen LogP contribution in [0.4, 0.5) is 13.2 Å². The van der Waals surface area contributed by atoms with E-state index in [-0.39, 0.29) is 30.8 Å². The van der Waals surface area contributed by atoms with Crippen molar-refractivity contribution in [3.8, 4) is 0 Å². The molecule has 2 aliphatic heterocycles. The third kappa shape index (κ3) is 2.76. The van der Waals surface area contributed by atoms with Crippen LogP contribution in [-0.4, -0.2) is 54.0 Å². The van der Waals surface area contributed by atoms with Crippen molar-refractivity contribution in [3.05, 3.63) is 0 Å². The van der Waals surface area contributed by atoms with Gasteiger partial charge < -0.3 is 9.80 Å². The molecule has 0 aromatic heterocycles. The Hall–Kier alpha value is -1.27. The van der Waals surface area contributed by atoms with Crippen LogP contribution >= 0.6 is 0 Å². The van der Waals surface area contributed by atoms with E-state index in [4.69, 9.17) is 0 Å². The predicted octanol–water partition coefficient (Wildman–Crippen LogP) is 1.27. The van der Waals surface area contributed by atoms with Crippen molar-refractivity contribution in [2.75, 3.05) is 26.2 Å². The molecule has 3 rings (SSSR count). The van der Waals surface area contributed by atoms with E-state index in [1.165, 1.54) is 4.90 Å². The Morgan fingerprint density at radius 2 is 1.90 bits per heavy atom. The van der Waals surface area contributed by atoms with Crippen molar-refractivity contribution in [1.29, 1.82) is 0 Å². The van der Waals surface area contributed by atoms with Crippen molar-refractivity contribution in [2.45, 2.75) is 25.4 Å². The summed E-state index contributed by atoms with van der Waals surface area (Å²) in [6, 6.07) is 0. The highest BCUT2D eigenvalue weighted by atomic mass is 19.4. The summed E-state index contributed by atoms with van der Waals surface area (Å²) in [4.78, 5) is 26.8. The van der Waals surface area contributed by atoms with Gasteiger partial charge in [0.05, 0.1) is 5.92 Å². The Labute approximate surface area is 114 Å². The number of fused-ring (bicyclic) bond motifs is 1. The van der Waals surface area contributed by atoms with E-state index in [2.05, 4.69) is 0 Å². The number of hydrogen-bond donors (Lipinski definition) is 0. The molecule has 0 unspecified atom stereocenters. The van der Waals surface area contributed by atoms with Gasteiger partial charge in [0, 0.05) is 32.1 Å². The van der Waals surface area contributed by atoms with Gasteiger partial charge in [-0.2, -0.15) is 13.2 Å². The molecule has 3 fully saturated rings. The van der Waals surface area contributed by atoms with Crippen molar-refractivity contribution in [3.63, 3.8) is 0 Å². The van der Waals surface area contributed by atoms with Crippen molar-refractivity contribution in [1.82, 2.24) is 9.80 Å². The first-order chi connectivity index (χ1) is 9.33. The first-order valence-electron chi connectivity index (χ1n) is 6.97. The van der Waals surface area contributed by atoms with Gasteiger partial charge in [-0.05, 0) is 18.8 Å². The zero-order chi connectivity index (χ0) is 14.5. The standard InChI is InChI=1S/C13H17F3N2O2/c14-13(15,16)3-11(19)17-5-9-6-18(4-8-1-2-8)12(20)10(9)7-17/h8-10H,1-7H2/t9-,10-/m1/s1. The number of amides is 2. The first-order valence-corrected chi connectivity index (χ1v) is 6.97. The second kappa shape index (κ2) is 4.63. The van der Waals surface area contributed by atoms with Gasteiger partial charge in [-0.25, -0.2) is 0 Å². The maximum Gasteiger partial charge on any atom is 0.397 e. The lowest BCUT2D eigenvalue weighted by Crippen LogP contribution is -2.37. The monoisotopic (exact) mass is 290 g/mol. The molecule has 2 atom stereocenters. The quantitative estimate of drug-likeness (QED) is 0.785. The summed E-state index contributed by atoms with van der Waals surface area (Å²) in [5.74, 6) is -0.553. The Kier molecular flexibility index (Phi) is 3.17. The van der Waals surface area contributed by atoms with Crippen LogP contribution in [0, 0.1) is 17.8 Å². The minimum Gasteiger partial charge on any atom is -0.342 e. The third-order valence-electron chi connectivity index (χ3n) is 4.40. The number of likely N-dealkylation sites (tertiary alicyclic amines) is 2. The summed E-state index contributed by atoms with van der Waals surface area (Å²) < 4.78 is 36.6. The Morgan fingerprint density at radius 1 is 1.20 bits per heavy atom. The summed E-state index contributed by atoms with van der Waals surface area (Å²) >= 11 is 0. The number of rotatable bonds is 3. The van der Waals surface area contributed by atoms with E-state index in [1.807, 2.05) is 4.90 Å². The third-order valence-corrected chi connectivity index (χ3v) is 4.40. The van der Waals surface area contributed by atoms with Gasteiger partial charge in [0.15, 0.2) is 0 Å². The fourth-order valence-electron chi connectivity index (χ4n) is 3.21. The van der Waals surface area contributed by atoms with Crippen LogP contribution in [0.5, 0.6) is 0 Å². The molecule has 2 amide bonds. The molecule has 0 N–H and O–H groups in total. The van der Waals surface area contributed by atoms with Crippen molar-refractivity contribution < 1.29 is 22.8 Å². The maximum atomic E-state index is 12.2. The molecule has 2 saturated heterocycles. The lowest BCUT2D eigenvalue weighted by Gasteiger charge is -2.22. The average Bonchev–Trinajstić information content (AvgIpc) is 2.95. The molecule has 0 aromatic carbocycles. The highest BCUT2D eigenvalue weighted by Crippen LogP contribution is 2.37. The van der Waals surface area contributed by atoms with Crippen LogP contribution in [0.15, 0.2) is 0 Å². The van der Waals surface area contributed by atoms with Gasteiger partial charge >= 0.3 is 6.18 Å². The van der Waals surface area contributed by atoms with Crippen LogP contribution < -0.4 is 0 Å². The number of halogens is 3. The zero-order valence-electron chi connectivity index (χ0n) is 11.0. The summed E-state index contributed by atoms with van der Waals surface area (Å²) in [7, 11) is 0. The largest absolute Gasteiger partial charge is 0.397 e. The normalized spacial score (nSPS) is 30.1. The molecule has 7 heteroatoms. The van der Waals surface area contributed by atoms with Crippen LogP contribution in [0.3, 0.4) is 0 Å². The van der Waals surface area contributed by atoms with Crippen molar-refractivity contribution in [2.24, 2.45) is 17.8 Å². The zero-order valence-corrected chi connectivity index (χ0v) is 11.0. The van der Waals surface area contributed by atoms with Gasteiger partial charge in [-0.15, -0.1) is 0 Å². The predicted molar refractivity (Wildman–Crippen MR) is 63.5 cm³/mol. The van der Waals surface area contributed by atoms with E-state index in [0.29, 0.717) is 12.5 Å². The molecule has 1 aliphatic carbocycles. The summed E-state index contributed by atoms with van der Waals surface area (Å²) in [5.41, 5.74) is 0. The number of carbonyl (C=O) groups excluding carboxylic acids is 2. The molecule has 0 spiro atoms. The van der Waals surface area contributed by atoms with E-state index in [9.17, 15) is 22.8 Å². The van der Waals surface area contributed by atoms with E-state index >= 15 is 0 Å². The average molecular weight is 290 g/mol. The van der Waals surface area contributed by atoms with Crippen molar-refractivity contribution >= 4 is 11.8 Å². The summed E-state index contributed by atoms with van der Waals surface area (Å²) in [6.45, 7) is 1.81. The Balaban J connectivity index is 1.56. The minimum absolute atomic E-state index is 0.0124. The second-order valence-corrected chi connectivity index (χ2v) is 6.14. The van der Waals surface area contributed by atoms with Gasteiger partial charge in [0.1, 0.15) is 6.42 Å². The van der Waals surface area contributed by atoms with E-state index in [1.54, 1.807) is 0 Å². The molecule has 20 heavy (non-hydrogen) atoms. The van der Waals surface area contributed by atoms with Gasteiger partial charge in [-0.3, -0.25) is 9.59 Å². The lowest BCUT2D eigenvalue weighted by molar-refractivity contribution is -0.160. The van der Waals surface area contributed by atoms with Crippen LogP contribution in [0.1, 0.15) is 19.3 Å². The smallest absolute Gasteiger partial charge is 0.342 e. The molecule has 3 aliphatic rings. The van der Waals surface area contributed by atoms with E-state index in [0.717, 1.165) is 19.4 Å². The van der Waals surface area contributed by atoms with Crippen LogP contribution in [0.2, 0.25) is 0 Å². The highest BCUT2D eigenvalue weighted by molar-refractivity contribution is 5.84. The van der Waals surface area contributed by atoms with Gasteiger partial charge in [0.25, 0.3) is 0 Å². The molecular formula is C13H17F3N2O2. The molecule has 0 aromatic rings. The number of alkyl halides is 3. The number of nitrogens with zero attached hydrogens (tertiary/aromatic N) is 2. The topological polar surface area (TPSA) is 40.6 Å². The molecule has 4 nitrogen and oxygen atoms in total. The van der Waals surface area contributed by atoms with Gasteiger partial charge in [0.2, 0.25) is 11.8 Å². The number of carbonyl (C=O) groups is 2. The van der Waals surface area contributed by atoms with Crippen LogP contribution in [-0.2, 0) is 9.59 Å². The molecule has 0 radical (unpaired) electrons. The second-order valence-electron chi connectivity index (χ2n) is 6.14. The maximum absolute atomic E-state index is 12.2. The Morgan fingerprint density at radius 3 is 2.45 bits per heavy atom. The van der Waals surface area contributed by atoms with E-state index < -0.39 is 18.5 Å². The summed E-state index contributed by atoms with van der Waals surface area (Å²) in [5, 5.41) is 0. The van der Waals surface area contributed by atoms with Crippen LogP contribution in [0.25, 0.3) is 0 Å². The number of hydrogen-bond acceptors (Lipinski definition) is 2. The Bertz CT molecular complexity index is 434. The molecule has 0 bridgehead atoms. The molecule has 2 heterocycles. The summed E-state index contributed by atoms with van der Waals surface area (Å²) in [6.07, 6.45) is -3.58. The SMILES string of the molecule is O=C(CC(F)(F)F)N1C[C@@H]2CN(CC3CC3)C(=O)[C@@H]2C1. The fraction of sp³-hybridized carbons (Fsp3) is 0.846. The highest BCUT2D eigenvalue weighted by Gasteiger charge is 2.49. The molecular weight excluding hydrogens is 273 g/mol.